The molecule has 3 aliphatic rings. The number of hydrogen-bond acceptors (Lipinski definition) is 6. The van der Waals surface area contributed by atoms with Gasteiger partial charge in [0, 0.05) is 37.6 Å². The number of hydrogen-bond donors (Lipinski definition) is 0. The van der Waals surface area contributed by atoms with Crippen LogP contribution in [-0.4, -0.2) is 58.1 Å². The van der Waals surface area contributed by atoms with E-state index in [0.717, 1.165) is 25.7 Å². The summed E-state index contributed by atoms with van der Waals surface area (Å²) >= 11 is 0. The molecular formula is C20H28N2O6. The normalized spacial score (nSPS) is 25.1. The van der Waals surface area contributed by atoms with Crippen molar-refractivity contribution in [2.24, 2.45) is 5.92 Å². The van der Waals surface area contributed by atoms with Crippen molar-refractivity contribution in [3.05, 3.63) is 12.2 Å². The van der Waals surface area contributed by atoms with Gasteiger partial charge in [-0.05, 0) is 52.4 Å². The molecule has 0 aromatic rings. The van der Waals surface area contributed by atoms with Gasteiger partial charge in [0.2, 0.25) is 11.8 Å². The number of carbonyl (C=O) groups excluding carboxylic acids is 5. The molecule has 0 spiro atoms. The average Bonchev–Trinajstić information content (AvgIpc) is 3.11. The Morgan fingerprint density at radius 1 is 0.964 bits per heavy atom. The summed E-state index contributed by atoms with van der Waals surface area (Å²) in [6.45, 7) is 6.36. The standard InChI is InChI=1S/C15H18N2O4.C5H10O2/c18-12-5-6-13(19)16(12)9-10-1-3-11(4-2-10)17-14(20)7-8-15(17)21;1-5(2,3)7-4-6/h5-6,10-11H,1-4,7-9H2;4H,1-3H3. The van der Waals surface area contributed by atoms with Gasteiger partial charge in [0.25, 0.3) is 18.3 Å². The second-order valence-electron chi connectivity index (χ2n) is 8.28. The molecule has 0 unspecified atom stereocenters. The third kappa shape index (κ3) is 5.74. The van der Waals surface area contributed by atoms with E-state index in [0.29, 0.717) is 25.9 Å². The van der Waals surface area contributed by atoms with Gasteiger partial charge in [-0.1, -0.05) is 0 Å². The molecule has 8 nitrogen and oxygen atoms in total. The maximum absolute atomic E-state index is 11.7. The molecule has 0 radical (unpaired) electrons. The first kappa shape index (κ1) is 21.8. The molecule has 0 aromatic carbocycles. The van der Waals surface area contributed by atoms with Crippen molar-refractivity contribution in [2.45, 2.75) is 70.9 Å². The van der Waals surface area contributed by atoms with Gasteiger partial charge in [0.1, 0.15) is 5.60 Å². The van der Waals surface area contributed by atoms with Crippen molar-refractivity contribution in [2.75, 3.05) is 6.54 Å². The third-order valence-corrected chi connectivity index (χ3v) is 5.01. The average molecular weight is 392 g/mol. The zero-order valence-corrected chi connectivity index (χ0v) is 16.7. The van der Waals surface area contributed by atoms with Gasteiger partial charge in [-0.2, -0.15) is 0 Å². The maximum atomic E-state index is 11.7. The minimum atomic E-state index is -0.318. The Kier molecular flexibility index (Phi) is 7.10. The number of rotatable bonds is 4. The molecule has 28 heavy (non-hydrogen) atoms. The molecule has 1 saturated heterocycles. The molecule has 2 fully saturated rings. The molecule has 1 aliphatic carbocycles. The summed E-state index contributed by atoms with van der Waals surface area (Å²) in [7, 11) is 0. The van der Waals surface area contributed by atoms with Crippen LogP contribution >= 0.6 is 0 Å². The smallest absolute Gasteiger partial charge is 0.293 e. The van der Waals surface area contributed by atoms with Crippen LogP contribution in [0.3, 0.4) is 0 Å². The molecule has 1 saturated carbocycles. The van der Waals surface area contributed by atoms with Gasteiger partial charge in [0.05, 0.1) is 0 Å². The van der Waals surface area contributed by atoms with Crippen LogP contribution in [0.5, 0.6) is 0 Å². The summed E-state index contributed by atoms with van der Waals surface area (Å²) in [5.74, 6) is -0.337. The molecule has 4 amide bonds. The predicted molar refractivity (Wildman–Crippen MR) is 99.6 cm³/mol. The zero-order valence-electron chi connectivity index (χ0n) is 16.7. The summed E-state index contributed by atoms with van der Waals surface area (Å²) in [4.78, 5) is 58.8. The van der Waals surface area contributed by atoms with E-state index >= 15 is 0 Å². The number of likely N-dealkylation sites (tertiary alicyclic amines) is 1. The first-order valence-corrected chi connectivity index (χ1v) is 9.62. The highest BCUT2D eigenvalue weighted by Crippen LogP contribution is 2.31. The number of amides is 4. The Labute approximate surface area is 164 Å². The largest absolute Gasteiger partial charge is 0.462 e. The molecule has 2 heterocycles. The summed E-state index contributed by atoms with van der Waals surface area (Å²) in [5.41, 5.74) is -0.318. The van der Waals surface area contributed by atoms with Crippen molar-refractivity contribution in [3.63, 3.8) is 0 Å². The quantitative estimate of drug-likeness (QED) is 0.532. The van der Waals surface area contributed by atoms with Crippen LogP contribution in [0, 0.1) is 5.92 Å². The summed E-state index contributed by atoms with van der Waals surface area (Å²) < 4.78 is 4.55. The first-order chi connectivity index (χ1) is 13.1. The zero-order chi connectivity index (χ0) is 20.9. The Morgan fingerprint density at radius 2 is 1.46 bits per heavy atom. The highest BCUT2D eigenvalue weighted by atomic mass is 16.5. The Bertz CT molecular complexity index is 637. The number of imide groups is 2. The van der Waals surface area contributed by atoms with E-state index < -0.39 is 0 Å². The predicted octanol–water partition coefficient (Wildman–Crippen LogP) is 1.58. The fourth-order valence-corrected chi connectivity index (χ4v) is 3.60. The fraction of sp³-hybridized carbons (Fsp3) is 0.650. The summed E-state index contributed by atoms with van der Waals surface area (Å²) in [5, 5.41) is 0. The van der Waals surface area contributed by atoms with Crippen LogP contribution in [-0.2, 0) is 28.7 Å². The van der Waals surface area contributed by atoms with E-state index in [1.54, 1.807) is 0 Å². The van der Waals surface area contributed by atoms with Gasteiger partial charge < -0.3 is 4.74 Å². The van der Waals surface area contributed by atoms with Gasteiger partial charge in [0.15, 0.2) is 0 Å². The second kappa shape index (κ2) is 9.12. The van der Waals surface area contributed by atoms with Crippen LogP contribution in [0.25, 0.3) is 0 Å². The number of ether oxygens (including phenoxy) is 1. The second-order valence-corrected chi connectivity index (χ2v) is 8.28. The van der Waals surface area contributed by atoms with Gasteiger partial charge in [-0.25, -0.2) is 0 Å². The molecular weight excluding hydrogens is 364 g/mol. The van der Waals surface area contributed by atoms with Crippen molar-refractivity contribution in [1.29, 1.82) is 0 Å². The van der Waals surface area contributed by atoms with E-state index in [4.69, 9.17) is 0 Å². The van der Waals surface area contributed by atoms with Crippen LogP contribution in [0.2, 0.25) is 0 Å². The van der Waals surface area contributed by atoms with Gasteiger partial charge in [-0.15, -0.1) is 0 Å². The van der Waals surface area contributed by atoms with E-state index in [-0.39, 0.29) is 41.2 Å². The maximum Gasteiger partial charge on any atom is 0.293 e. The lowest BCUT2D eigenvalue weighted by Crippen LogP contribution is -2.43. The summed E-state index contributed by atoms with van der Waals surface area (Å²) in [6.07, 6.45) is 6.47. The van der Waals surface area contributed by atoms with Gasteiger partial charge >= 0.3 is 0 Å². The SMILES string of the molecule is CC(C)(C)OC=O.O=C1C=CC(=O)N1CC1CCC(N2C(=O)CCC2=O)CC1. The molecule has 0 N–H and O–H groups in total. The minimum absolute atomic E-state index is 0.00635. The molecule has 154 valence electrons. The number of nitrogens with zero attached hydrogens (tertiary/aromatic N) is 2. The first-order valence-electron chi connectivity index (χ1n) is 9.62. The van der Waals surface area contributed by atoms with Crippen molar-refractivity contribution < 1.29 is 28.7 Å². The van der Waals surface area contributed by atoms with Crippen molar-refractivity contribution >= 4 is 30.1 Å². The Balaban J connectivity index is 0.000000345. The highest BCUT2D eigenvalue weighted by Gasteiger charge is 2.37. The van der Waals surface area contributed by atoms with Crippen molar-refractivity contribution in [1.82, 2.24) is 9.80 Å². The van der Waals surface area contributed by atoms with Crippen LogP contribution in [0.4, 0.5) is 0 Å². The lowest BCUT2D eigenvalue weighted by molar-refractivity contribution is -0.142. The Morgan fingerprint density at radius 3 is 1.86 bits per heavy atom. The molecule has 8 heteroatoms. The topological polar surface area (TPSA) is 101 Å². The van der Waals surface area contributed by atoms with Gasteiger partial charge in [-0.3, -0.25) is 33.8 Å². The molecule has 0 atom stereocenters. The van der Waals surface area contributed by atoms with E-state index in [9.17, 15) is 24.0 Å². The van der Waals surface area contributed by atoms with E-state index in [1.807, 2.05) is 20.8 Å². The number of carbonyl (C=O) groups is 5. The van der Waals surface area contributed by atoms with Crippen molar-refractivity contribution in [3.8, 4) is 0 Å². The van der Waals surface area contributed by atoms with Crippen LogP contribution < -0.4 is 0 Å². The fourth-order valence-electron chi connectivity index (χ4n) is 3.60. The van der Waals surface area contributed by atoms with E-state index in [2.05, 4.69) is 4.74 Å². The molecule has 2 aliphatic heterocycles. The Hall–Kier alpha value is -2.51. The summed E-state index contributed by atoms with van der Waals surface area (Å²) in [6, 6.07) is 0.00635. The van der Waals surface area contributed by atoms with Crippen LogP contribution in [0.15, 0.2) is 12.2 Å². The lowest BCUT2D eigenvalue weighted by atomic mass is 9.85. The highest BCUT2D eigenvalue weighted by molar-refractivity contribution is 6.12. The lowest BCUT2D eigenvalue weighted by Gasteiger charge is -2.34. The molecule has 0 aromatic heterocycles. The molecule has 0 bridgehead atoms. The third-order valence-electron chi connectivity index (χ3n) is 5.01. The van der Waals surface area contributed by atoms with E-state index in [1.165, 1.54) is 22.0 Å². The monoisotopic (exact) mass is 392 g/mol. The molecule has 3 rings (SSSR count). The minimum Gasteiger partial charge on any atom is -0.462 e. The van der Waals surface area contributed by atoms with Crippen LogP contribution in [0.1, 0.15) is 59.3 Å².